The summed E-state index contributed by atoms with van der Waals surface area (Å²) in [5.41, 5.74) is 2.70. The lowest BCUT2D eigenvalue weighted by molar-refractivity contribution is 0.685. The summed E-state index contributed by atoms with van der Waals surface area (Å²) in [5.74, 6) is 2.28. The highest BCUT2D eigenvalue weighted by Gasteiger charge is 2.21. The zero-order valence-electron chi connectivity index (χ0n) is 12.2. The van der Waals surface area contributed by atoms with E-state index in [1.807, 2.05) is 7.05 Å². The summed E-state index contributed by atoms with van der Waals surface area (Å²) >= 11 is 0. The van der Waals surface area contributed by atoms with Crippen LogP contribution in [0.1, 0.15) is 36.8 Å². The zero-order valence-corrected chi connectivity index (χ0v) is 12.2. The van der Waals surface area contributed by atoms with Gasteiger partial charge in [0.25, 0.3) is 0 Å². The van der Waals surface area contributed by atoms with Gasteiger partial charge in [0.15, 0.2) is 5.96 Å². The van der Waals surface area contributed by atoms with Gasteiger partial charge >= 0.3 is 0 Å². The Hall–Kier alpha value is -1.51. The van der Waals surface area contributed by atoms with Crippen molar-refractivity contribution in [3.05, 3.63) is 35.4 Å². The SMILES string of the molecule is CN=C(NCC1CC1)NCC(C)c1cccc(C)c1. The van der Waals surface area contributed by atoms with E-state index in [1.165, 1.54) is 24.0 Å². The summed E-state index contributed by atoms with van der Waals surface area (Å²) in [6.45, 7) is 6.35. The highest BCUT2D eigenvalue weighted by Crippen LogP contribution is 2.27. The van der Waals surface area contributed by atoms with E-state index in [0.717, 1.165) is 25.0 Å². The van der Waals surface area contributed by atoms with Crippen LogP contribution in [-0.2, 0) is 0 Å². The standard InChI is InChI=1S/C16H25N3/c1-12-5-4-6-15(9-12)13(2)10-18-16(17-3)19-11-14-7-8-14/h4-6,9,13-14H,7-8,10-11H2,1-3H3,(H2,17,18,19). The summed E-state index contributed by atoms with van der Waals surface area (Å²) in [4.78, 5) is 4.27. The molecule has 2 rings (SSSR count). The molecule has 3 heteroatoms. The van der Waals surface area contributed by atoms with Crippen molar-refractivity contribution in [2.45, 2.75) is 32.6 Å². The van der Waals surface area contributed by atoms with Crippen molar-refractivity contribution in [2.24, 2.45) is 10.9 Å². The third-order valence-corrected chi connectivity index (χ3v) is 3.67. The van der Waals surface area contributed by atoms with Crippen molar-refractivity contribution in [2.75, 3.05) is 20.1 Å². The molecular weight excluding hydrogens is 234 g/mol. The molecule has 0 aromatic heterocycles. The largest absolute Gasteiger partial charge is 0.356 e. The normalized spacial score (nSPS) is 17.1. The van der Waals surface area contributed by atoms with Gasteiger partial charge in [-0.3, -0.25) is 4.99 Å². The van der Waals surface area contributed by atoms with E-state index in [-0.39, 0.29) is 0 Å². The van der Waals surface area contributed by atoms with Crippen LogP contribution in [0.15, 0.2) is 29.3 Å². The van der Waals surface area contributed by atoms with Crippen LogP contribution < -0.4 is 10.6 Å². The second-order valence-corrected chi connectivity index (χ2v) is 5.59. The molecule has 1 fully saturated rings. The first kappa shape index (κ1) is 13.9. The highest BCUT2D eigenvalue weighted by atomic mass is 15.2. The lowest BCUT2D eigenvalue weighted by atomic mass is 9.99. The van der Waals surface area contributed by atoms with Crippen molar-refractivity contribution in [1.82, 2.24) is 10.6 Å². The molecule has 0 bridgehead atoms. The molecule has 0 heterocycles. The number of hydrogen-bond acceptors (Lipinski definition) is 1. The molecule has 0 radical (unpaired) electrons. The van der Waals surface area contributed by atoms with Crippen LogP contribution in [-0.4, -0.2) is 26.1 Å². The Kier molecular flexibility index (Phi) is 4.83. The zero-order chi connectivity index (χ0) is 13.7. The Balaban J connectivity index is 1.79. The number of aliphatic imine (C=N–C) groups is 1. The lowest BCUT2D eigenvalue weighted by Gasteiger charge is -2.16. The molecule has 0 aliphatic heterocycles. The molecule has 0 saturated heterocycles. The summed E-state index contributed by atoms with van der Waals surface area (Å²) in [5, 5.41) is 6.80. The molecule has 1 saturated carbocycles. The average molecular weight is 259 g/mol. The highest BCUT2D eigenvalue weighted by molar-refractivity contribution is 5.79. The van der Waals surface area contributed by atoms with E-state index in [4.69, 9.17) is 0 Å². The minimum atomic E-state index is 0.486. The number of guanidine groups is 1. The number of benzene rings is 1. The minimum absolute atomic E-state index is 0.486. The fourth-order valence-electron chi connectivity index (χ4n) is 2.13. The summed E-state index contributed by atoms with van der Waals surface area (Å²) in [6.07, 6.45) is 2.73. The van der Waals surface area contributed by atoms with E-state index in [0.29, 0.717) is 5.92 Å². The maximum atomic E-state index is 4.27. The van der Waals surface area contributed by atoms with Crippen molar-refractivity contribution in [1.29, 1.82) is 0 Å². The Morgan fingerprint density at radius 1 is 1.37 bits per heavy atom. The van der Waals surface area contributed by atoms with Gasteiger partial charge in [0.1, 0.15) is 0 Å². The van der Waals surface area contributed by atoms with Gasteiger partial charge in [0.05, 0.1) is 0 Å². The quantitative estimate of drug-likeness (QED) is 0.630. The number of nitrogens with one attached hydrogen (secondary N) is 2. The fraction of sp³-hybridized carbons (Fsp3) is 0.562. The van der Waals surface area contributed by atoms with Crippen LogP contribution in [0, 0.1) is 12.8 Å². The van der Waals surface area contributed by atoms with Crippen LogP contribution in [0.25, 0.3) is 0 Å². The van der Waals surface area contributed by atoms with Gasteiger partial charge in [-0.25, -0.2) is 0 Å². The van der Waals surface area contributed by atoms with Gasteiger partial charge in [-0.05, 0) is 37.2 Å². The minimum Gasteiger partial charge on any atom is -0.356 e. The molecule has 19 heavy (non-hydrogen) atoms. The molecule has 3 nitrogen and oxygen atoms in total. The second kappa shape index (κ2) is 6.60. The van der Waals surface area contributed by atoms with Crippen molar-refractivity contribution in [3.8, 4) is 0 Å². The van der Waals surface area contributed by atoms with E-state index in [1.54, 1.807) is 0 Å². The Morgan fingerprint density at radius 3 is 2.79 bits per heavy atom. The number of nitrogens with zero attached hydrogens (tertiary/aromatic N) is 1. The smallest absolute Gasteiger partial charge is 0.191 e. The predicted octanol–water partition coefficient (Wildman–Crippen LogP) is 2.67. The van der Waals surface area contributed by atoms with Gasteiger partial charge in [-0.15, -0.1) is 0 Å². The second-order valence-electron chi connectivity index (χ2n) is 5.59. The van der Waals surface area contributed by atoms with Crippen LogP contribution >= 0.6 is 0 Å². The number of hydrogen-bond donors (Lipinski definition) is 2. The molecule has 1 aliphatic carbocycles. The van der Waals surface area contributed by atoms with Gasteiger partial charge in [0.2, 0.25) is 0 Å². The third-order valence-electron chi connectivity index (χ3n) is 3.67. The number of rotatable bonds is 5. The topological polar surface area (TPSA) is 36.4 Å². The number of aryl methyl sites for hydroxylation is 1. The van der Waals surface area contributed by atoms with E-state index < -0.39 is 0 Å². The van der Waals surface area contributed by atoms with Gasteiger partial charge in [0, 0.05) is 20.1 Å². The first-order chi connectivity index (χ1) is 9.19. The molecule has 1 aromatic rings. The third kappa shape index (κ3) is 4.58. The molecular formula is C16H25N3. The summed E-state index contributed by atoms with van der Waals surface area (Å²) in [7, 11) is 1.83. The van der Waals surface area contributed by atoms with Crippen LogP contribution in [0.3, 0.4) is 0 Å². The van der Waals surface area contributed by atoms with Gasteiger partial charge < -0.3 is 10.6 Å². The van der Waals surface area contributed by atoms with Crippen LogP contribution in [0.2, 0.25) is 0 Å². The maximum absolute atomic E-state index is 4.27. The molecule has 1 aliphatic rings. The first-order valence-corrected chi connectivity index (χ1v) is 7.20. The van der Waals surface area contributed by atoms with Crippen molar-refractivity contribution in [3.63, 3.8) is 0 Å². The maximum Gasteiger partial charge on any atom is 0.191 e. The lowest BCUT2D eigenvalue weighted by Crippen LogP contribution is -2.39. The molecule has 2 N–H and O–H groups in total. The van der Waals surface area contributed by atoms with Crippen molar-refractivity contribution >= 4 is 5.96 Å². The molecule has 0 spiro atoms. The Bertz CT molecular complexity index is 435. The summed E-state index contributed by atoms with van der Waals surface area (Å²) in [6, 6.07) is 8.72. The molecule has 1 unspecified atom stereocenters. The molecule has 1 atom stereocenters. The average Bonchev–Trinajstić information content (AvgIpc) is 3.22. The van der Waals surface area contributed by atoms with Crippen LogP contribution in [0.4, 0.5) is 0 Å². The first-order valence-electron chi connectivity index (χ1n) is 7.20. The van der Waals surface area contributed by atoms with Gasteiger partial charge in [-0.1, -0.05) is 36.8 Å². The summed E-state index contributed by atoms with van der Waals surface area (Å²) < 4.78 is 0. The molecule has 104 valence electrons. The van der Waals surface area contributed by atoms with Crippen molar-refractivity contribution < 1.29 is 0 Å². The van der Waals surface area contributed by atoms with E-state index >= 15 is 0 Å². The molecule has 0 amide bonds. The van der Waals surface area contributed by atoms with E-state index in [2.05, 4.69) is 53.7 Å². The Morgan fingerprint density at radius 2 is 2.16 bits per heavy atom. The van der Waals surface area contributed by atoms with Gasteiger partial charge in [-0.2, -0.15) is 0 Å². The monoisotopic (exact) mass is 259 g/mol. The predicted molar refractivity (Wildman–Crippen MR) is 81.7 cm³/mol. The van der Waals surface area contributed by atoms with E-state index in [9.17, 15) is 0 Å². The molecule has 1 aromatic carbocycles. The Labute approximate surface area is 116 Å². The fourth-order valence-corrected chi connectivity index (χ4v) is 2.13. The van der Waals surface area contributed by atoms with Crippen LogP contribution in [0.5, 0.6) is 0 Å².